The summed E-state index contributed by atoms with van der Waals surface area (Å²) in [6.45, 7) is 6.96. The van der Waals surface area contributed by atoms with Crippen LogP contribution < -0.4 is 0 Å². The van der Waals surface area contributed by atoms with Crippen LogP contribution in [0.3, 0.4) is 0 Å². The molecule has 2 aliphatic rings. The number of carbonyl (C=O) groups excluding carboxylic acids is 1. The summed E-state index contributed by atoms with van der Waals surface area (Å²) >= 11 is 0. The van der Waals surface area contributed by atoms with Gasteiger partial charge in [0.05, 0.1) is 0 Å². The highest BCUT2D eigenvalue weighted by Crippen LogP contribution is 2.43. The van der Waals surface area contributed by atoms with Crippen molar-refractivity contribution in [2.45, 2.75) is 64.7 Å². The van der Waals surface area contributed by atoms with Gasteiger partial charge in [-0.15, -0.1) is 0 Å². The number of carbonyl (C=O) groups is 1. The van der Waals surface area contributed by atoms with Crippen molar-refractivity contribution in [3.05, 3.63) is 24.9 Å². The maximum Gasteiger partial charge on any atom is 0.229 e. The van der Waals surface area contributed by atoms with Crippen LogP contribution in [0.4, 0.5) is 0 Å². The van der Waals surface area contributed by atoms with E-state index in [-0.39, 0.29) is 0 Å². The number of amides is 1. The normalized spacial score (nSPS) is 24.2. The lowest BCUT2D eigenvalue weighted by molar-refractivity contribution is -0.130. The first-order chi connectivity index (χ1) is 10.3. The van der Waals surface area contributed by atoms with Crippen LogP contribution in [0.5, 0.6) is 0 Å². The van der Waals surface area contributed by atoms with Crippen molar-refractivity contribution in [2.75, 3.05) is 6.54 Å². The maximum absolute atomic E-state index is 12.0. The van der Waals surface area contributed by atoms with Crippen LogP contribution in [0.15, 0.2) is 24.9 Å². The minimum absolute atomic E-state index is 0.311. The fraction of sp³-hybridized carbons (Fsp3) is 0.737. The van der Waals surface area contributed by atoms with Gasteiger partial charge in [-0.3, -0.25) is 4.79 Å². The van der Waals surface area contributed by atoms with E-state index in [9.17, 15) is 4.79 Å². The molecule has 2 fully saturated rings. The van der Waals surface area contributed by atoms with Crippen molar-refractivity contribution >= 4 is 5.91 Å². The highest BCUT2D eigenvalue weighted by molar-refractivity contribution is 5.81. The lowest BCUT2D eigenvalue weighted by Gasteiger charge is -2.17. The van der Waals surface area contributed by atoms with E-state index in [0.29, 0.717) is 11.8 Å². The molecule has 0 N–H and O–H groups in total. The summed E-state index contributed by atoms with van der Waals surface area (Å²) in [6, 6.07) is 0. The van der Waals surface area contributed by atoms with Gasteiger partial charge in [0.25, 0.3) is 0 Å². The molecule has 2 heteroatoms. The highest BCUT2D eigenvalue weighted by Gasteiger charge is 2.40. The number of rotatable bonds is 11. The Hall–Kier alpha value is -1.05. The van der Waals surface area contributed by atoms with Gasteiger partial charge in [0.15, 0.2) is 0 Å². The lowest BCUT2D eigenvalue weighted by atomic mass is 10.1. The van der Waals surface area contributed by atoms with E-state index in [1.165, 1.54) is 44.9 Å². The van der Waals surface area contributed by atoms with E-state index in [1.807, 2.05) is 4.90 Å². The molecular formula is C19H31NO. The third-order valence-electron chi connectivity index (χ3n) is 4.78. The zero-order valence-electron chi connectivity index (χ0n) is 13.6. The van der Waals surface area contributed by atoms with Crippen LogP contribution in [0, 0.1) is 17.8 Å². The molecule has 118 valence electrons. The molecule has 2 saturated carbocycles. The summed E-state index contributed by atoms with van der Waals surface area (Å²) in [6.07, 6.45) is 17.6. The van der Waals surface area contributed by atoms with Crippen LogP contribution in [-0.2, 0) is 4.79 Å². The average Bonchev–Trinajstić information content (AvgIpc) is 3.38. The molecule has 0 aromatic rings. The molecule has 2 aliphatic carbocycles. The fourth-order valence-electron chi connectivity index (χ4n) is 3.02. The Morgan fingerprint density at radius 3 is 2.62 bits per heavy atom. The first-order valence-electron chi connectivity index (χ1n) is 8.84. The van der Waals surface area contributed by atoms with Gasteiger partial charge in [0.2, 0.25) is 5.91 Å². The van der Waals surface area contributed by atoms with E-state index < -0.39 is 0 Å². The molecule has 21 heavy (non-hydrogen) atoms. The molecule has 0 aromatic heterocycles. The van der Waals surface area contributed by atoms with Crippen LogP contribution >= 0.6 is 0 Å². The first kappa shape index (κ1) is 16.3. The molecule has 0 bridgehead atoms. The number of hydrogen-bond acceptors (Lipinski definition) is 1. The van der Waals surface area contributed by atoms with Crippen LogP contribution in [0.2, 0.25) is 0 Å². The topological polar surface area (TPSA) is 20.3 Å². The molecule has 2 unspecified atom stereocenters. The SMILES string of the molecule is C=CN(CC1CC1CCC=CCCCCC)C(=O)C1CC1. The van der Waals surface area contributed by atoms with E-state index in [0.717, 1.165) is 31.2 Å². The molecule has 0 spiro atoms. The molecule has 2 nitrogen and oxygen atoms in total. The van der Waals surface area contributed by atoms with E-state index in [4.69, 9.17) is 0 Å². The summed E-state index contributed by atoms with van der Waals surface area (Å²) < 4.78 is 0. The van der Waals surface area contributed by atoms with E-state index >= 15 is 0 Å². The van der Waals surface area contributed by atoms with E-state index in [2.05, 4.69) is 25.7 Å². The second-order valence-electron chi connectivity index (χ2n) is 6.75. The quantitative estimate of drug-likeness (QED) is 0.390. The van der Waals surface area contributed by atoms with Gasteiger partial charge in [0.1, 0.15) is 0 Å². The minimum atomic E-state index is 0.311. The van der Waals surface area contributed by atoms with Crippen LogP contribution in [0.25, 0.3) is 0 Å². The molecule has 0 aromatic carbocycles. The van der Waals surface area contributed by atoms with Crippen LogP contribution in [-0.4, -0.2) is 17.4 Å². The van der Waals surface area contributed by atoms with Crippen molar-refractivity contribution in [2.24, 2.45) is 17.8 Å². The standard InChI is InChI=1S/C19H31NO/c1-3-5-6-7-8-9-10-11-17-14-18(17)15-20(4-2)19(21)16-12-13-16/h4,8-9,16-18H,2-3,5-7,10-15H2,1H3. The molecule has 0 aliphatic heterocycles. The molecule has 1 amide bonds. The number of allylic oxidation sites excluding steroid dienone is 2. The second kappa shape index (κ2) is 8.41. The van der Waals surface area contributed by atoms with Gasteiger partial charge in [-0.05, 0) is 63.0 Å². The number of hydrogen-bond donors (Lipinski definition) is 0. The Labute approximate surface area is 130 Å². The Kier molecular flexibility index (Phi) is 6.53. The Bertz CT molecular complexity index is 370. The molecule has 2 rings (SSSR count). The van der Waals surface area contributed by atoms with Gasteiger partial charge in [-0.2, -0.15) is 0 Å². The molecule has 0 heterocycles. The molecular weight excluding hydrogens is 258 g/mol. The fourth-order valence-corrected chi connectivity index (χ4v) is 3.02. The second-order valence-corrected chi connectivity index (χ2v) is 6.75. The third-order valence-corrected chi connectivity index (χ3v) is 4.78. The van der Waals surface area contributed by atoms with Crippen LogP contribution in [0.1, 0.15) is 64.7 Å². The van der Waals surface area contributed by atoms with Gasteiger partial charge in [-0.25, -0.2) is 0 Å². The summed E-state index contributed by atoms with van der Waals surface area (Å²) in [4.78, 5) is 13.9. The highest BCUT2D eigenvalue weighted by atomic mass is 16.2. The van der Waals surface area contributed by atoms with Gasteiger partial charge in [-0.1, -0.05) is 38.5 Å². The maximum atomic E-state index is 12.0. The molecule has 0 saturated heterocycles. The smallest absolute Gasteiger partial charge is 0.229 e. The summed E-state index contributed by atoms with van der Waals surface area (Å²) in [7, 11) is 0. The Morgan fingerprint density at radius 1 is 1.19 bits per heavy atom. The number of unbranched alkanes of at least 4 members (excludes halogenated alkanes) is 3. The van der Waals surface area contributed by atoms with Gasteiger partial charge >= 0.3 is 0 Å². The van der Waals surface area contributed by atoms with Crippen molar-refractivity contribution in [1.82, 2.24) is 4.90 Å². The zero-order chi connectivity index (χ0) is 15.1. The molecule has 0 radical (unpaired) electrons. The summed E-state index contributed by atoms with van der Waals surface area (Å²) in [5.41, 5.74) is 0. The predicted octanol–water partition coefficient (Wildman–Crippen LogP) is 4.92. The number of nitrogens with zero attached hydrogens (tertiary/aromatic N) is 1. The Balaban J connectivity index is 1.55. The largest absolute Gasteiger partial charge is 0.319 e. The molecule has 2 atom stereocenters. The average molecular weight is 289 g/mol. The summed E-state index contributed by atoms with van der Waals surface area (Å²) in [5.74, 6) is 2.18. The zero-order valence-corrected chi connectivity index (χ0v) is 13.6. The third kappa shape index (κ3) is 5.68. The first-order valence-corrected chi connectivity index (χ1v) is 8.84. The van der Waals surface area contributed by atoms with Gasteiger partial charge in [0, 0.05) is 12.5 Å². The van der Waals surface area contributed by atoms with Crippen molar-refractivity contribution in [3.8, 4) is 0 Å². The minimum Gasteiger partial charge on any atom is -0.319 e. The van der Waals surface area contributed by atoms with E-state index in [1.54, 1.807) is 6.20 Å². The summed E-state index contributed by atoms with van der Waals surface area (Å²) in [5, 5.41) is 0. The van der Waals surface area contributed by atoms with Crippen molar-refractivity contribution in [1.29, 1.82) is 0 Å². The van der Waals surface area contributed by atoms with Crippen molar-refractivity contribution < 1.29 is 4.79 Å². The lowest BCUT2D eigenvalue weighted by Crippen LogP contribution is -2.29. The monoisotopic (exact) mass is 289 g/mol. The predicted molar refractivity (Wildman–Crippen MR) is 88.7 cm³/mol. The Morgan fingerprint density at radius 2 is 1.95 bits per heavy atom. The van der Waals surface area contributed by atoms with Gasteiger partial charge < -0.3 is 4.90 Å². The van der Waals surface area contributed by atoms with Crippen molar-refractivity contribution in [3.63, 3.8) is 0 Å².